The Bertz CT molecular complexity index is 1110. The standard InChI is InChI=1S/C23H23ClO5S/c1-13-2-5-20-15(6-13)9-17(30-20)8-14-7-16(3-4-18(14)24)23-10-19(26)21(27)22(11-25,29-23)12-28-23/h2-7,9,19,21,25-27H,8,10-12H2,1H3/t19?,21-,22-,23+/m0/s1. The molecule has 2 fully saturated rings. The van der Waals surface area contributed by atoms with Crippen LogP contribution in [-0.4, -0.2) is 46.3 Å². The van der Waals surface area contributed by atoms with Gasteiger partial charge in [0.2, 0.25) is 0 Å². The van der Waals surface area contributed by atoms with E-state index in [0.717, 1.165) is 11.1 Å². The van der Waals surface area contributed by atoms with E-state index in [4.69, 9.17) is 21.1 Å². The molecule has 0 aliphatic carbocycles. The average Bonchev–Trinajstić information content (AvgIpc) is 3.28. The molecule has 3 heterocycles. The maximum absolute atomic E-state index is 10.4. The lowest BCUT2D eigenvalue weighted by Gasteiger charge is -2.42. The Balaban J connectivity index is 1.49. The summed E-state index contributed by atoms with van der Waals surface area (Å²) in [5.74, 6) is -1.21. The van der Waals surface area contributed by atoms with E-state index in [1.54, 1.807) is 11.3 Å². The molecule has 0 amide bonds. The number of fused-ring (bicyclic) bond motifs is 3. The van der Waals surface area contributed by atoms with Crippen molar-refractivity contribution in [1.29, 1.82) is 0 Å². The summed E-state index contributed by atoms with van der Waals surface area (Å²) in [7, 11) is 0. The van der Waals surface area contributed by atoms with E-state index in [1.807, 2.05) is 18.2 Å². The van der Waals surface area contributed by atoms with E-state index >= 15 is 0 Å². The predicted octanol–water partition coefficient (Wildman–Crippen LogP) is 3.51. The molecule has 1 aromatic heterocycles. The van der Waals surface area contributed by atoms with Crippen LogP contribution in [-0.2, 0) is 21.7 Å². The van der Waals surface area contributed by atoms with Crippen molar-refractivity contribution in [2.24, 2.45) is 0 Å². The third kappa shape index (κ3) is 3.19. The number of aliphatic hydroxyl groups excluding tert-OH is 3. The van der Waals surface area contributed by atoms with E-state index in [1.165, 1.54) is 20.5 Å². The average molecular weight is 447 g/mol. The summed E-state index contributed by atoms with van der Waals surface area (Å²) >= 11 is 8.25. The van der Waals surface area contributed by atoms with Crippen molar-refractivity contribution in [2.45, 2.75) is 43.4 Å². The van der Waals surface area contributed by atoms with E-state index in [9.17, 15) is 15.3 Å². The number of hydrogen-bond donors (Lipinski definition) is 3. The Morgan fingerprint density at radius 3 is 2.80 bits per heavy atom. The second-order valence-electron chi connectivity index (χ2n) is 8.32. The van der Waals surface area contributed by atoms with Crippen LogP contribution in [0.25, 0.3) is 10.1 Å². The number of halogens is 1. The highest BCUT2D eigenvalue weighted by atomic mass is 35.5. The SMILES string of the molecule is Cc1ccc2sc(Cc3cc([C@]45CC(O)[C@H](O)[C@](CO)(CO4)O5)ccc3Cl)cc2c1. The molecule has 2 bridgehead atoms. The van der Waals surface area contributed by atoms with Gasteiger partial charge in [-0.2, -0.15) is 0 Å². The fourth-order valence-electron chi connectivity index (χ4n) is 4.48. The maximum Gasteiger partial charge on any atom is 0.198 e. The second-order valence-corrected chi connectivity index (χ2v) is 9.90. The third-order valence-corrected chi connectivity index (χ3v) is 7.62. The molecule has 2 saturated heterocycles. The lowest BCUT2D eigenvalue weighted by atomic mass is 9.86. The molecule has 4 atom stereocenters. The summed E-state index contributed by atoms with van der Waals surface area (Å²) in [5.41, 5.74) is 1.56. The molecule has 3 N–H and O–H groups in total. The van der Waals surface area contributed by atoms with Gasteiger partial charge in [0.15, 0.2) is 5.79 Å². The quantitative estimate of drug-likeness (QED) is 0.571. The van der Waals surface area contributed by atoms with Crippen LogP contribution in [0.2, 0.25) is 5.02 Å². The number of aliphatic hydroxyl groups is 3. The zero-order chi connectivity index (χ0) is 21.1. The van der Waals surface area contributed by atoms with E-state index in [2.05, 4.69) is 31.2 Å². The van der Waals surface area contributed by atoms with Crippen LogP contribution in [0.15, 0.2) is 42.5 Å². The van der Waals surface area contributed by atoms with Crippen molar-refractivity contribution < 1.29 is 24.8 Å². The van der Waals surface area contributed by atoms with Crippen molar-refractivity contribution >= 4 is 33.0 Å². The molecule has 5 rings (SSSR count). The van der Waals surface area contributed by atoms with Gasteiger partial charge in [-0.25, -0.2) is 0 Å². The smallest absolute Gasteiger partial charge is 0.198 e. The van der Waals surface area contributed by atoms with Crippen LogP contribution in [0.5, 0.6) is 0 Å². The highest BCUT2D eigenvalue weighted by Gasteiger charge is 2.62. The largest absolute Gasteiger partial charge is 0.393 e. The zero-order valence-electron chi connectivity index (χ0n) is 16.5. The molecule has 3 aromatic rings. The van der Waals surface area contributed by atoms with E-state index in [-0.39, 0.29) is 13.0 Å². The predicted molar refractivity (Wildman–Crippen MR) is 116 cm³/mol. The number of ether oxygens (including phenoxy) is 2. The summed E-state index contributed by atoms with van der Waals surface area (Å²) < 4.78 is 13.3. The minimum Gasteiger partial charge on any atom is -0.393 e. The van der Waals surface area contributed by atoms with Crippen LogP contribution in [0.3, 0.4) is 0 Å². The molecular formula is C23H23ClO5S. The minimum absolute atomic E-state index is 0.00928. The molecular weight excluding hydrogens is 424 g/mol. The van der Waals surface area contributed by atoms with Crippen molar-refractivity contribution in [2.75, 3.05) is 13.2 Å². The normalized spacial score (nSPS) is 30.8. The first-order valence-corrected chi connectivity index (χ1v) is 11.1. The fourth-order valence-corrected chi connectivity index (χ4v) is 5.73. The van der Waals surface area contributed by atoms with E-state index < -0.39 is 30.2 Å². The number of rotatable bonds is 4. The summed E-state index contributed by atoms with van der Waals surface area (Å²) in [5, 5.41) is 32.4. The van der Waals surface area contributed by atoms with Gasteiger partial charge in [-0.1, -0.05) is 35.4 Å². The van der Waals surface area contributed by atoms with Gasteiger partial charge in [0.1, 0.15) is 11.7 Å². The molecule has 0 spiro atoms. The number of aryl methyl sites for hydroxylation is 1. The number of benzene rings is 2. The number of hydrogen-bond acceptors (Lipinski definition) is 6. The molecule has 2 aliphatic rings. The molecule has 158 valence electrons. The van der Waals surface area contributed by atoms with Gasteiger partial charge in [-0.15, -0.1) is 11.3 Å². The van der Waals surface area contributed by atoms with Gasteiger partial charge in [-0.3, -0.25) is 0 Å². The van der Waals surface area contributed by atoms with Crippen LogP contribution in [0, 0.1) is 6.92 Å². The molecule has 0 radical (unpaired) electrons. The third-order valence-electron chi connectivity index (χ3n) is 6.14. The van der Waals surface area contributed by atoms with Gasteiger partial charge in [0.05, 0.1) is 19.3 Å². The summed E-state index contributed by atoms with van der Waals surface area (Å²) in [4.78, 5) is 1.20. The van der Waals surface area contributed by atoms with E-state index in [0.29, 0.717) is 11.4 Å². The Labute approximate surface area is 183 Å². The molecule has 0 saturated carbocycles. The lowest BCUT2D eigenvalue weighted by Crippen LogP contribution is -2.59. The van der Waals surface area contributed by atoms with Crippen LogP contribution in [0.1, 0.15) is 28.0 Å². The van der Waals surface area contributed by atoms with Gasteiger partial charge >= 0.3 is 0 Å². The van der Waals surface area contributed by atoms with Crippen molar-refractivity contribution in [1.82, 2.24) is 0 Å². The minimum atomic E-state index is -1.32. The maximum atomic E-state index is 10.4. The van der Waals surface area contributed by atoms with Crippen molar-refractivity contribution in [3.05, 3.63) is 69.1 Å². The van der Waals surface area contributed by atoms with Gasteiger partial charge in [0.25, 0.3) is 0 Å². The molecule has 30 heavy (non-hydrogen) atoms. The van der Waals surface area contributed by atoms with Gasteiger partial charge in [0, 0.05) is 33.0 Å². The summed E-state index contributed by atoms with van der Waals surface area (Å²) in [6, 6.07) is 14.2. The second kappa shape index (κ2) is 7.28. The first-order chi connectivity index (χ1) is 14.3. The Kier molecular flexibility index (Phi) is 4.95. The lowest BCUT2D eigenvalue weighted by molar-refractivity contribution is -0.281. The molecule has 2 aromatic carbocycles. The molecule has 2 aliphatic heterocycles. The van der Waals surface area contributed by atoms with Gasteiger partial charge in [-0.05, 0) is 42.1 Å². The first-order valence-electron chi connectivity index (χ1n) is 9.93. The Morgan fingerprint density at radius 1 is 1.17 bits per heavy atom. The topological polar surface area (TPSA) is 79.2 Å². The molecule has 7 heteroatoms. The van der Waals surface area contributed by atoms with Crippen LogP contribution in [0.4, 0.5) is 0 Å². The van der Waals surface area contributed by atoms with Crippen molar-refractivity contribution in [3.8, 4) is 0 Å². The summed E-state index contributed by atoms with van der Waals surface area (Å²) in [6.07, 6.45) is -1.51. The summed E-state index contributed by atoms with van der Waals surface area (Å²) in [6.45, 7) is 1.66. The Hall–Kier alpha value is -1.51. The van der Waals surface area contributed by atoms with Crippen LogP contribution < -0.4 is 0 Å². The first kappa shape index (κ1) is 20.4. The monoisotopic (exact) mass is 446 g/mol. The fraction of sp³-hybridized carbons (Fsp3) is 0.391. The van der Waals surface area contributed by atoms with Gasteiger partial charge < -0.3 is 24.8 Å². The number of thiophene rings is 1. The Morgan fingerprint density at radius 2 is 2.00 bits per heavy atom. The van der Waals surface area contributed by atoms with Crippen molar-refractivity contribution in [3.63, 3.8) is 0 Å². The zero-order valence-corrected chi connectivity index (χ0v) is 18.0. The highest BCUT2D eigenvalue weighted by Crippen LogP contribution is 2.49. The molecule has 1 unspecified atom stereocenters. The highest BCUT2D eigenvalue weighted by molar-refractivity contribution is 7.19. The van der Waals surface area contributed by atoms with Crippen LogP contribution >= 0.6 is 22.9 Å². The molecule has 5 nitrogen and oxygen atoms in total.